The van der Waals surface area contributed by atoms with Gasteiger partial charge in [-0.2, -0.15) is 0 Å². The van der Waals surface area contributed by atoms with Gasteiger partial charge in [0, 0.05) is 12.4 Å². The van der Waals surface area contributed by atoms with Gasteiger partial charge in [-0.25, -0.2) is 0 Å². The van der Waals surface area contributed by atoms with E-state index in [1.165, 1.54) is 16.7 Å². The lowest BCUT2D eigenvalue weighted by atomic mass is 9.97. The summed E-state index contributed by atoms with van der Waals surface area (Å²) in [6.07, 6.45) is 5.58. The van der Waals surface area contributed by atoms with Crippen molar-refractivity contribution in [3.05, 3.63) is 78.1 Å². The summed E-state index contributed by atoms with van der Waals surface area (Å²) in [5.74, 6) is 0. The molecular weight excluding hydrogens is 232 g/mol. The first-order valence-corrected chi connectivity index (χ1v) is 6.31. The lowest BCUT2D eigenvalue weighted by Gasteiger charge is -2.08. The van der Waals surface area contributed by atoms with Crippen LogP contribution in [0.5, 0.6) is 0 Å². The number of rotatable bonds is 2. The van der Waals surface area contributed by atoms with Crippen LogP contribution in [-0.4, -0.2) is 9.97 Å². The van der Waals surface area contributed by atoms with Gasteiger partial charge in [0.2, 0.25) is 0 Å². The van der Waals surface area contributed by atoms with Gasteiger partial charge in [0.25, 0.3) is 0 Å². The van der Waals surface area contributed by atoms with Crippen LogP contribution in [0.15, 0.2) is 67.0 Å². The van der Waals surface area contributed by atoms with Crippen LogP contribution in [0.25, 0.3) is 16.6 Å². The Hall–Kier alpha value is -2.48. The van der Waals surface area contributed by atoms with Crippen molar-refractivity contribution in [2.75, 3.05) is 0 Å². The van der Waals surface area contributed by atoms with Crippen molar-refractivity contribution in [2.45, 2.75) is 6.92 Å². The number of hydrogen-bond acceptors (Lipinski definition) is 2. The third-order valence-electron chi connectivity index (χ3n) is 3.15. The maximum atomic E-state index is 4.36. The predicted octanol–water partition coefficient (Wildman–Crippen LogP) is 4.08. The van der Waals surface area contributed by atoms with Gasteiger partial charge in [-0.1, -0.05) is 42.5 Å². The average Bonchev–Trinajstić information content (AvgIpc) is 2.49. The standard InChI is InChI=1S/C17H14N2/c1-2-15(13-6-4-3-5-7-13)14-8-9-16-17(12-14)19-11-10-18-16/h2-12H,1H3. The molecule has 2 nitrogen and oxygen atoms in total. The van der Waals surface area contributed by atoms with E-state index in [9.17, 15) is 0 Å². The molecule has 1 heterocycles. The number of benzene rings is 2. The number of allylic oxidation sites excluding steroid dienone is 1. The predicted molar refractivity (Wildman–Crippen MR) is 78.7 cm³/mol. The highest BCUT2D eigenvalue weighted by molar-refractivity contribution is 5.85. The molecule has 0 saturated heterocycles. The van der Waals surface area contributed by atoms with E-state index in [0.29, 0.717) is 0 Å². The molecule has 1 aromatic heterocycles. The van der Waals surface area contributed by atoms with Gasteiger partial charge in [-0.3, -0.25) is 9.97 Å². The van der Waals surface area contributed by atoms with Crippen molar-refractivity contribution >= 4 is 16.6 Å². The van der Waals surface area contributed by atoms with E-state index in [0.717, 1.165) is 11.0 Å². The van der Waals surface area contributed by atoms with Gasteiger partial charge in [0.1, 0.15) is 0 Å². The third-order valence-corrected chi connectivity index (χ3v) is 3.15. The molecule has 19 heavy (non-hydrogen) atoms. The normalized spacial score (nSPS) is 11.7. The smallest absolute Gasteiger partial charge is 0.0892 e. The zero-order valence-corrected chi connectivity index (χ0v) is 10.7. The van der Waals surface area contributed by atoms with Crippen molar-refractivity contribution in [1.29, 1.82) is 0 Å². The topological polar surface area (TPSA) is 25.8 Å². The monoisotopic (exact) mass is 246 g/mol. The Balaban J connectivity index is 2.12. The quantitative estimate of drug-likeness (QED) is 0.681. The summed E-state index contributed by atoms with van der Waals surface area (Å²) in [6.45, 7) is 2.06. The van der Waals surface area contributed by atoms with Crippen molar-refractivity contribution < 1.29 is 0 Å². The highest BCUT2D eigenvalue weighted by Gasteiger charge is 2.05. The minimum Gasteiger partial charge on any atom is -0.253 e. The number of fused-ring (bicyclic) bond motifs is 1. The van der Waals surface area contributed by atoms with E-state index in [1.807, 2.05) is 12.1 Å². The summed E-state index contributed by atoms with van der Waals surface area (Å²) in [6, 6.07) is 16.6. The van der Waals surface area contributed by atoms with E-state index in [-0.39, 0.29) is 0 Å². The summed E-state index contributed by atoms with van der Waals surface area (Å²) in [7, 11) is 0. The minimum absolute atomic E-state index is 0.926. The van der Waals surface area contributed by atoms with Gasteiger partial charge in [-0.15, -0.1) is 0 Å². The molecule has 2 aromatic carbocycles. The second kappa shape index (κ2) is 5.02. The Labute approximate surface area is 112 Å². The van der Waals surface area contributed by atoms with Crippen LogP contribution in [-0.2, 0) is 0 Å². The summed E-state index contributed by atoms with van der Waals surface area (Å²) in [5, 5.41) is 0. The Bertz CT molecular complexity index is 730. The van der Waals surface area contributed by atoms with Crippen LogP contribution in [0.4, 0.5) is 0 Å². The largest absolute Gasteiger partial charge is 0.253 e. The molecule has 0 bridgehead atoms. The van der Waals surface area contributed by atoms with Crippen LogP contribution in [0.3, 0.4) is 0 Å². The molecule has 0 saturated carbocycles. The first-order chi connectivity index (χ1) is 9.38. The highest BCUT2D eigenvalue weighted by atomic mass is 14.8. The van der Waals surface area contributed by atoms with Crippen molar-refractivity contribution in [2.24, 2.45) is 0 Å². The maximum absolute atomic E-state index is 4.36. The van der Waals surface area contributed by atoms with Gasteiger partial charge >= 0.3 is 0 Å². The summed E-state index contributed by atoms with van der Waals surface area (Å²) >= 11 is 0. The van der Waals surface area contributed by atoms with Crippen molar-refractivity contribution in [3.63, 3.8) is 0 Å². The van der Waals surface area contributed by atoms with E-state index in [1.54, 1.807) is 12.4 Å². The molecule has 0 aliphatic heterocycles. The number of aromatic nitrogens is 2. The lowest BCUT2D eigenvalue weighted by molar-refractivity contribution is 1.29. The molecule has 0 aliphatic rings. The molecule has 0 amide bonds. The van der Waals surface area contributed by atoms with E-state index in [4.69, 9.17) is 0 Å². The van der Waals surface area contributed by atoms with E-state index in [2.05, 4.69) is 59.4 Å². The van der Waals surface area contributed by atoms with Crippen LogP contribution in [0.2, 0.25) is 0 Å². The van der Waals surface area contributed by atoms with Gasteiger partial charge < -0.3 is 0 Å². The second-order valence-electron chi connectivity index (χ2n) is 4.33. The molecule has 0 radical (unpaired) electrons. The average molecular weight is 246 g/mol. The molecule has 0 atom stereocenters. The molecule has 2 heteroatoms. The highest BCUT2D eigenvalue weighted by Crippen LogP contribution is 2.25. The van der Waals surface area contributed by atoms with E-state index >= 15 is 0 Å². The Morgan fingerprint density at radius 1 is 0.842 bits per heavy atom. The fourth-order valence-corrected chi connectivity index (χ4v) is 2.25. The summed E-state index contributed by atoms with van der Waals surface area (Å²) in [4.78, 5) is 8.66. The number of hydrogen-bond donors (Lipinski definition) is 0. The molecule has 3 aromatic rings. The van der Waals surface area contributed by atoms with Crippen molar-refractivity contribution in [3.8, 4) is 0 Å². The zero-order valence-electron chi connectivity index (χ0n) is 10.7. The Morgan fingerprint density at radius 2 is 1.58 bits per heavy atom. The SMILES string of the molecule is CC=C(c1ccccc1)c1ccc2nccnc2c1. The minimum atomic E-state index is 0.926. The molecule has 0 unspecified atom stereocenters. The first kappa shape index (κ1) is 11.6. The molecule has 3 rings (SSSR count). The fraction of sp³-hybridized carbons (Fsp3) is 0.0588. The fourth-order valence-electron chi connectivity index (χ4n) is 2.25. The lowest BCUT2D eigenvalue weighted by Crippen LogP contribution is -1.89. The van der Waals surface area contributed by atoms with Crippen LogP contribution in [0, 0.1) is 0 Å². The number of nitrogens with zero attached hydrogens (tertiary/aromatic N) is 2. The Kier molecular flexibility index (Phi) is 3.07. The summed E-state index contributed by atoms with van der Waals surface area (Å²) < 4.78 is 0. The van der Waals surface area contributed by atoms with Crippen LogP contribution >= 0.6 is 0 Å². The van der Waals surface area contributed by atoms with Gasteiger partial charge in [-0.05, 0) is 35.8 Å². The third kappa shape index (κ3) is 2.25. The van der Waals surface area contributed by atoms with Crippen LogP contribution in [0.1, 0.15) is 18.1 Å². The molecule has 0 aliphatic carbocycles. The molecule has 0 N–H and O–H groups in total. The van der Waals surface area contributed by atoms with Crippen LogP contribution < -0.4 is 0 Å². The van der Waals surface area contributed by atoms with Gasteiger partial charge in [0.15, 0.2) is 0 Å². The Morgan fingerprint density at radius 3 is 2.32 bits per heavy atom. The molecular formula is C17H14N2. The molecule has 0 spiro atoms. The summed E-state index contributed by atoms with van der Waals surface area (Å²) in [5.41, 5.74) is 5.45. The molecule has 92 valence electrons. The van der Waals surface area contributed by atoms with Gasteiger partial charge in [0.05, 0.1) is 11.0 Å². The second-order valence-corrected chi connectivity index (χ2v) is 4.33. The zero-order chi connectivity index (χ0) is 13.1. The van der Waals surface area contributed by atoms with E-state index < -0.39 is 0 Å². The first-order valence-electron chi connectivity index (χ1n) is 6.31. The van der Waals surface area contributed by atoms with Crippen molar-refractivity contribution in [1.82, 2.24) is 9.97 Å². The molecule has 0 fully saturated rings. The maximum Gasteiger partial charge on any atom is 0.0892 e.